The van der Waals surface area contributed by atoms with Gasteiger partial charge in [-0.25, -0.2) is 0 Å². The van der Waals surface area contributed by atoms with Crippen LogP contribution in [0.5, 0.6) is 0 Å². The summed E-state index contributed by atoms with van der Waals surface area (Å²) in [6.07, 6.45) is 3.59. The molecule has 0 aliphatic rings. The van der Waals surface area contributed by atoms with Gasteiger partial charge in [0, 0.05) is 29.1 Å². The zero-order valence-corrected chi connectivity index (χ0v) is 14.1. The number of carbonyl (C=O) groups is 1. The lowest BCUT2D eigenvalue weighted by Crippen LogP contribution is -2.31. The summed E-state index contributed by atoms with van der Waals surface area (Å²) >= 11 is 10.8. The van der Waals surface area contributed by atoms with Gasteiger partial charge in [0.2, 0.25) is 0 Å². The van der Waals surface area contributed by atoms with Gasteiger partial charge in [0.1, 0.15) is 5.69 Å². The van der Waals surface area contributed by atoms with Gasteiger partial charge in [0.05, 0.1) is 10.9 Å². The highest BCUT2D eigenvalue weighted by atomic mass is 79.9. The van der Waals surface area contributed by atoms with E-state index in [4.69, 9.17) is 11.6 Å². The van der Waals surface area contributed by atoms with Crippen molar-refractivity contribution in [2.75, 3.05) is 6.54 Å². The van der Waals surface area contributed by atoms with Gasteiger partial charge in [-0.3, -0.25) is 4.79 Å². The molecular weight excluding hydrogens is 360 g/mol. The number of hydrogen-bond acceptors (Lipinski definition) is 2. The number of halogens is 2. The molecule has 0 unspecified atom stereocenters. The molecule has 2 rings (SSSR count). The molecule has 1 amide bonds. The van der Waals surface area contributed by atoms with Crippen LogP contribution in [0.15, 0.2) is 41.5 Å². The number of nitrogens with zero attached hydrogens (tertiary/aromatic N) is 2. The Morgan fingerprint density at radius 3 is 2.85 bits per heavy atom. The fraction of sp³-hybridized carbons (Fsp3) is 0.214. The first-order chi connectivity index (χ1) is 9.51. The third-order valence-corrected chi connectivity index (χ3v) is 4.45. The molecular formula is C14H14BrClN2OS. The fourth-order valence-corrected chi connectivity index (χ4v) is 3.53. The van der Waals surface area contributed by atoms with Crippen molar-refractivity contribution in [3.63, 3.8) is 0 Å². The highest BCUT2D eigenvalue weighted by Crippen LogP contribution is 2.24. The topological polar surface area (TPSA) is 25.2 Å². The van der Waals surface area contributed by atoms with Crippen LogP contribution in [0.1, 0.15) is 15.4 Å². The third-order valence-electron chi connectivity index (χ3n) is 2.80. The first-order valence-electron chi connectivity index (χ1n) is 5.97. The lowest BCUT2D eigenvalue weighted by molar-refractivity contribution is 0.0754. The fourth-order valence-electron chi connectivity index (χ4n) is 1.90. The average Bonchev–Trinajstić information content (AvgIpc) is 2.94. The Labute approximate surface area is 135 Å². The second kappa shape index (κ2) is 6.61. The summed E-state index contributed by atoms with van der Waals surface area (Å²) in [5.74, 6) is -0.0253. The van der Waals surface area contributed by atoms with Gasteiger partial charge < -0.3 is 9.47 Å². The molecule has 2 heterocycles. The van der Waals surface area contributed by atoms with Crippen LogP contribution >= 0.6 is 38.9 Å². The molecule has 0 fully saturated rings. The van der Waals surface area contributed by atoms with Gasteiger partial charge in [-0.2, -0.15) is 0 Å². The van der Waals surface area contributed by atoms with Gasteiger partial charge in [0.25, 0.3) is 5.91 Å². The van der Waals surface area contributed by atoms with Crippen molar-refractivity contribution in [2.24, 2.45) is 7.05 Å². The van der Waals surface area contributed by atoms with E-state index in [0.29, 0.717) is 18.8 Å². The number of thiophene rings is 1. The van der Waals surface area contributed by atoms with Crippen LogP contribution in [0, 0.1) is 0 Å². The average molecular weight is 374 g/mol. The van der Waals surface area contributed by atoms with Gasteiger partial charge in [-0.15, -0.1) is 17.9 Å². The maximum absolute atomic E-state index is 12.6. The van der Waals surface area contributed by atoms with Crippen LogP contribution in [-0.4, -0.2) is 21.9 Å². The van der Waals surface area contributed by atoms with E-state index < -0.39 is 0 Å². The summed E-state index contributed by atoms with van der Waals surface area (Å²) in [6, 6.07) is 5.61. The number of hydrogen-bond donors (Lipinski definition) is 0. The predicted molar refractivity (Wildman–Crippen MR) is 87.4 cm³/mol. The molecule has 0 atom stereocenters. The van der Waals surface area contributed by atoms with Crippen LogP contribution < -0.4 is 0 Å². The molecule has 3 nitrogen and oxygen atoms in total. The number of amides is 1. The van der Waals surface area contributed by atoms with E-state index in [-0.39, 0.29) is 5.91 Å². The number of aryl methyl sites for hydroxylation is 1. The van der Waals surface area contributed by atoms with Crippen molar-refractivity contribution in [2.45, 2.75) is 6.54 Å². The second-order valence-corrected chi connectivity index (χ2v) is 7.05. The Balaban J connectivity index is 2.21. The van der Waals surface area contributed by atoms with Gasteiger partial charge >= 0.3 is 0 Å². The summed E-state index contributed by atoms with van der Waals surface area (Å²) < 4.78 is 3.43. The molecule has 0 aromatic carbocycles. The van der Waals surface area contributed by atoms with E-state index in [0.717, 1.165) is 13.7 Å². The highest BCUT2D eigenvalue weighted by Gasteiger charge is 2.19. The molecule has 2 aromatic rings. The first-order valence-corrected chi connectivity index (χ1v) is 7.96. The second-order valence-electron chi connectivity index (χ2n) is 4.33. The van der Waals surface area contributed by atoms with Crippen LogP contribution in [0.2, 0.25) is 4.34 Å². The molecule has 0 saturated carbocycles. The summed E-state index contributed by atoms with van der Waals surface area (Å²) in [7, 11) is 1.85. The number of rotatable bonds is 5. The maximum atomic E-state index is 12.6. The Morgan fingerprint density at radius 2 is 2.35 bits per heavy atom. The van der Waals surface area contributed by atoms with Crippen molar-refractivity contribution >= 4 is 44.8 Å². The molecule has 0 saturated heterocycles. The van der Waals surface area contributed by atoms with Crippen molar-refractivity contribution in [1.29, 1.82) is 0 Å². The van der Waals surface area contributed by atoms with Gasteiger partial charge in [-0.05, 0) is 34.1 Å². The maximum Gasteiger partial charge on any atom is 0.271 e. The van der Waals surface area contributed by atoms with Crippen LogP contribution in [0.4, 0.5) is 0 Å². The van der Waals surface area contributed by atoms with Crippen molar-refractivity contribution < 1.29 is 4.79 Å². The molecule has 0 aliphatic carbocycles. The number of aromatic nitrogens is 1. The smallest absolute Gasteiger partial charge is 0.271 e. The van der Waals surface area contributed by atoms with Gasteiger partial charge in [0.15, 0.2) is 0 Å². The van der Waals surface area contributed by atoms with Crippen LogP contribution in [0.25, 0.3) is 0 Å². The summed E-state index contributed by atoms with van der Waals surface area (Å²) in [5, 5.41) is 0. The summed E-state index contributed by atoms with van der Waals surface area (Å²) in [5.41, 5.74) is 0.640. The van der Waals surface area contributed by atoms with E-state index in [9.17, 15) is 4.79 Å². The van der Waals surface area contributed by atoms with Crippen LogP contribution in [0.3, 0.4) is 0 Å². The van der Waals surface area contributed by atoms with Crippen LogP contribution in [-0.2, 0) is 13.6 Å². The van der Waals surface area contributed by atoms with E-state index in [2.05, 4.69) is 22.5 Å². The Morgan fingerprint density at radius 1 is 1.60 bits per heavy atom. The normalized spacial score (nSPS) is 10.6. The standard InChI is InChI=1S/C14H14BrClN2OS/c1-3-6-18(9-11-4-5-13(16)20-11)14(19)12-7-10(15)8-17(12)2/h3-5,7-8H,1,6,9H2,2H3. The molecule has 20 heavy (non-hydrogen) atoms. The molecule has 0 N–H and O–H groups in total. The van der Waals surface area contributed by atoms with Crippen molar-refractivity contribution in [1.82, 2.24) is 9.47 Å². The zero-order valence-electron chi connectivity index (χ0n) is 11.0. The monoisotopic (exact) mass is 372 g/mol. The quantitative estimate of drug-likeness (QED) is 0.716. The lowest BCUT2D eigenvalue weighted by Gasteiger charge is -2.20. The van der Waals surface area contributed by atoms with E-state index in [1.165, 1.54) is 11.3 Å². The van der Waals surface area contributed by atoms with Crippen molar-refractivity contribution in [3.05, 3.63) is 56.4 Å². The van der Waals surface area contributed by atoms with E-state index in [1.54, 1.807) is 11.0 Å². The SMILES string of the molecule is C=CCN(Cc1ccc(Cl)s1)C(=O)c1cc(Br)cn1C. The first kappa shape index (κ1) is 15.4. The minimum Gasteiger partial charge on any atom is -0.345 e. The Kier molecular flexibility index (Phi) is 5.07. The minimum absolute atomic E-state index is 0.0253. The highest BCUT2D eigenvalue weighted by molar-refractivity contribution is 9.10. The zero-order chi connectivity index (χ0) is 14.7. The molecule has 0 bridgehead atoms. The molecule has 0 aliphatic heterocycles. The summed E-state index contributed by atoms with van der Waals surface area (Å²) in [4.78, 5) is 15.4. The van der Waals surface area contributed by atoms with Gasteiger partial charge in [-0.1, -0.05) is 17.7 Å². The minimum atomic E-state index is -0.0253. The van der Waals surface area contributed by atoms with Crippen molar-refractivity contribution in [3.8, 4) is 0 Å². The molecule has 0 spiro atoms. The largest absolute Gasteiger partial charge is 0.345 e. The molecule has 6 heteroatoms. The summed E-state index contributed by atoms with van der Waals surface area (Å²) in [6.45, 7) is 4.75. The third kappa shape index (κ3) is 3.53. The molecule has 106 valence electrons. The molecule has 2 aromatic heterocycles. The lowest BCUT2D eigenvalue weighted by atomic mass is 10.3. The predicted octanol–water partition coefficient (Wildman–Crippen LogP) is 4.33. The Hall–Kier alpha value is -1.04. The van der Waals surface area contributed by atoms with E-state index in [1.807, 2.05) is 36.0 Å². The Bertz CT molecular complexity index is 635. The van der Waals surface area contributed by atoms with E-state index >= 15 is 0 Å². The number of carbonyl (C=O) groups excluding carboxylic acids is 1. The molecule has 0 radical (unpaired) electrons.